The highest BCUT2D eigenvalue weighted by atomic mass is 16.2. The van der Waals surface area contributed by atoms with E-state index in [4.69, 9.17) is 0 Å². The molecule has 0 radical (unpaired) electrons. The zero-order chi connectivity index (χ0) is 17.3. The number of piperidine rings is 2. The molecule has 1 aromatic heterocycles. The summed E-state index contributed by atoms with van der Waals surface area (Å²) in [5.74, 6) is 1.26. The first-order chi connectivity index (χ1) is 12.1. The van der Waals surface area contributed by atoms with Crippen molar-refractivity contribution in [1.82, 2.24) is 14.8 Å². The van der Waals surface area contributed by atoms with E-state index >= 15 is 0 Å². The number of hydrogen-bond donors (Lipinski definition) is 0. The number of aromatic nitrogens is 1. The molecule has 0 bridgehead atoms. The van der Waals surface area contributed by atoms with E-state index in [9.17, 15) is 9.59 Å². The maximum absolute atomic E-state index is 12.4. The van der Waals surface area contributed by atoms with Crippen LogP contribution in [-0.2, 0) is 16.1 Å². The summed E-state index contributed by atoms with van der Waals surface area (Å²) < 4.78 is 0. The molecule has 0 unspecified atom stereocenters. The number of carbonyl (C=O) groups excluding carboxylic acids is 2. The first kappa shape index (κ1) is 16.6. The van der Waals surface area contributed by atoms with Gasteiger partial charge in [0.1, 0.15) is 0 Å². The quantitative estimate of drug-likeness (QED) is 0.846. The van der Waals surface area contributed by atoms with Gasteiger partial charge in [-0.05, 0) is 61.1 Å². The minimum atomic E-state index is 0.206. The third kappa shape index (κ3) is 3.86. The van der Waals surface area contributed by atoms with Crippen molar-refractivity contribution in [3.8, 4) is 0 Å². The lowest BCUT2D eigenvalue weighted by Crippen LogP contribution is -2.52. The predicted octanol–water partition coefficient (Wildman–Crippen LogP) is 2.61. The van der Waals surface area contributed by atoms with Gasteiger partial charge in [-0.3, -0.25) is 14.6 Å². The van der Waals surface area contributed by atoms with Crippen LogP contribution in [0, 0.1) is 11.3 Å². The van der Waals surface area contributed by atoms with Gasteiger partial charge in [0, 0.05) is 51.4 Å². The van der Waals surface area contributed by atoms with Gasteiger partial charge in [0.15, 0.2) is 0 Å². The number of pyridine rings is 1. The molecule has 0 atom stereocenters. The van der Waals surface area contributed by atoms with Gasteiger partial charge in [-0.2, -0.15) is 0 Å². The fraction of sp³-hybridized carbons (Fsp3) is 0.650. The van der Waals surface area contributed by atoms with Crippen molar-refractivity contribution in [2.24, 2.45) is 11.3 Å². The zero-order valence-electron chi connectivity index (χ0n) is 14.8. The van der Waals surface area contributed by atoms with Crippen LogP contribution in [0.2, 0.25) is 0 Å². The Balaban J connectivity index is 1.35. The second-order valence-electron chi connectivity index (χ2n) is 8.13. The number of carbonyl (C=O) groups is 2. The molecule has 0 aromatic carbocycles. The van der Waals surface area contributed by atoms with Crippen LogP contribution < -0.4 is 0 Å². The van der Waals surface area contributed by atoms with E-state index in [1.165, 1.54) is 12.8 Å². The monoisotopic (exact) mass is 341 g/mol. The van der Waals surface area contributed by atoms with E-state index in [0.29, 0.717) is 24.8 Å². The third-order valence-corrected chi connectivity index (χ3v) is 6.21. The molecule has 2 aliphatic heterocycles. The van der Waals surface area contributed by atoms with E-state index < -0.39 is 0 Å². The number of nitrogens with zero attached hydrogens (tertiary/aromatic N) is 3. The van der Waals surface area contributed by atoms with Gasteiger partial charge in [0.2, 0.25) is 11.8 Å². The Morgan fingerprint density at radius 3 is 2.56 bits per heavy atom. The van der Waals surface area contributed by atoms with Crippen LogP contribution >= 0.6 is 0 Å². The number of likely N-dealkylation sites (tertiary alicyclic amines) is 2. The third-order valence-electron chi connectivity index (χ3n) is 6.21. The summed E-state index contributed by atoms with van der Waals surface area (Å²) in [7, 11) is 0. The summed E-state index contributed by atoms with van der Waals surface area (Å²) in [5, 5.41) is 0. The lowest BCUT2D eigenvalue weighted by molar-refractivity contribution is -0.143. The van der Waals surface area contributed by atoms with Crippen LogP contribution in [0.15, 0.2) is 24.5 Å². The molecule has 2 amide bonds. The highest BCUT2D eigenvalue weighted by Gasteiger charge is 2.42. The first-order valence-electron chi connectivity index (χ1n) is 9.58. The fourth-order valence-electron chi connectivity index (χ4n) is 4.29. The van der Waals surface area contributed by atoms with Gasteiger partial charge in [0.05, 0.1) is 0 Å². The molecule has 25 heavy (non-hydrogen) atoms. The van der Waals surface area contributed by atoms with Crippen molar-refractivity contribution in [1.29, 1.82) is 0 Å². The lowest BCUT2D eigenvalue weighted by Gasteiger charge is -2.47. The molecule has 5 heteroatoms. The summed E-state index contributed by atoms with van der Waals surface area (Å²) >= 11 is 0. The normalized spacial score (nSPS) is 23.1. The summed E-state index contributed by atoms with van der Waals surface area (Å²) in [6.45, 7) is 3.23. The van der Waals surface area contributed by atoms with Crippen LogP contribution in [0.1, 0.15) is 50.5 Å². The molecule has 3 fully saturated rings. The topological polar surface area (TPSA) is 53.5 Å². The fourth-order valence-corrected chi connectivity index (χ4v) is 4.29. The number of rotatable bonds is 4. The summed E-state index contributed by atoms with van der Waals surface area (Å²) in [6.07, 6.45) is 10.5. The Morgan fingerprint density at radius 2 is 1.88 bits per heavy atom. The Labute approximate surface area is 149 Å². The molecule has 3 aliphatic rings. The highest BCUT2D eigenvalue weighted by molar-refractivity contribution is 5.78. The van der Waals surface area contributed by atoms with Crippen LogP contribution in [-0.4, -0.2) is 46.2 Å². The second-order valence-corrected chi connectivity index (χ2v) is 8.13. The van der Waals surface area contributed by atoms with Crippen molar-refractivity contribution in [2.45, 2.75) is 51.5 Å². The molecule has 5 nitrogen and oxygen atoms in total. The van der Waals surface area contributed by atoms with Crippen molar-refractivity contribution in [2.75, 3.05) is 19.6 Å². The molecule has 1 aliphatic carbocycles. The zero-order valence-corrected chi connectivity index (χ0v) is 14.8. The average Bonchev–Trinajstić information content (AvgIpc) is 3.44. The molecule has 1 aromatic rings. The summed E-state index contributed by atoms with van der Waals surface area (Å²) in [6, 6.07) is 3.96. The van der Waals surface area contributed by atoms with Crippen molar-refractivity contribution < 1.29 is 9.59 Å². The van der Waals surface area contributed by atoms with E-state index in [1.807, 2.05) is 17.0 Å². The standard InChI is InChI=1S/C20H27N3O2/c24-18-3-6-20(15-23(18)14-17-4-9-21-10-5-17)7-11-22(12-8-20)19(25)13-16-1-2-16/h4-5,9-10,16H,1-3,6-8,11-15H2. The number of amides is 2. The molecular weight excluding hydrogens is 314 g/mol. The predicted molar refractivity (Wildman–Crippen MR) is 94.5 cm³/mol. The van der Waals surface area contributed by atoms with Crippen LogP contribution in [0.25, 0.3) is 0 Å². The molecule has 1 spiro atoms. The smallest absolute Gasteiger partial charge is 0.222 e. The summed E-state index contributed by atoms with van der Waals surface area (Å²) in [4.78, 5) is 32.8. The Hall–Kier alpha value is -1.91. The van der Waals surface area contributed by atoms with Crippen molar-refractivity contribution in [3.63, 3.8) is 0 Å². The first-order valence-corrected chi connectivity index (χ1v) is 9.58. The van der Waals surface area contributed by atoms with Gasteiger partial charge in [-0.15, -0.1) is 0 Å². The summed E-state index contributed by atoms with van der Waals surface area (Å²) in [5.41, 5.74) is 1.34. The van der Waals surface area contributed by atoms with Crippen molar-refractivity contribution in [3.05, 3.63) is 30.1 Å². The molecule has 2 saturated heterocycles. The van der Waals surface area contributed by atoms with Gasteiger partial charge in [0.25, 0.3) is 0 Å². The van der Waals surface area contributed by atoms with Crippen molar-refractivity contribution >= 4 is 11.8 Å². The minimum absolute atomic E-state index is 0.206. The van der Waals surface area contributed by atoms with E-state index in [-0.39, 0.29) is 11.3 Å². The Morgan fingerprint density at radius 1 is 1.16 bits per heavy atom. The average molecular weight is 341 g/mol. The molecule has 1 saturated carbocycles. The molecule has 0 N–H and O–H groups in total. The van der Waals surface area contributed by atoms with Crippen LogP contribution in [0.4, 0.5) is 0 Å². The molecule has 4 rings (SSSR count). The number of hydrogen-bond acceptors (Lipinski definition) is 3. The van der Waals surface area contributed by atoms with Gasteiger partial charge >= 0.3 is 0 Å². The van der Waals surface area contributed by atoms with Gasteiger partial charge in [-0.25, -0.2) is 0 Å². The van der Waals surface area contributed by atoms with E-state index in [2.05, 4.69) is 9.88 Å². The molecular formula is C20H27N3O2. The largest absolute Gasteiger partial charge is 0.343 e. The SMILES string of the molecule is O=C(CC1CC1)N1CCC2(CCC(=O)N(Cc3ccncc3)C2)CC1. The van der Waals surface area contributed by atoms with Gasteiger partial charge < -0.3 is 9.80 Å². The maximum Gasteiger partial charge on any atom is 0.222 e. The van der Waals surface area contributed by atoms with Crippen LogP contribution in [0.5, 0.6) is 0 Å². The van der Waals surface area contributed by atoms with Crippen LogP contribution in [0.3, 0.4) is 0 Å². The molecule has 134 valence electrons. The molecule has 3 heterocycles. The highest BCUT2D eigenvalue weighted by Crippen LogP contribution is 2.41. The maximum atomic E-state index is 12.4. The second kappa shape index (κ2) is 6.77. The van der Waals surface area contributed by atoms with E-state index in [1.54, 1.807) is 12.4 Å². The van der Waals surface area contributed by atoms with E-state index in [0.717, 1.165) is 50.9 Å². The Kier molecular flexibility index (Phi) is 4.48. The van der Waals surface area contributed by atoms with Gasteiger partial charge in [-0.1, -0.05) is 0 Å². The minimum Gasteiger partial charge on any atom is -0.343 e. The Bertz CT molecular complexity index is 634. The lowest BCUT2D eigenvalue weighted by atomic mass is 9.72.